The summed E-state index contributed by atoms with van der Waals surface area (Å²) in [6.45, 7) is 4.12. The lowest BCUT2D eigenvalue weighted by molar-refractivity contribution is -0.141. The van der Waals surface area contributed by atoms with Gasteiger partial charge >= 0.3 is 12.0 Å². The number of carboxylic acids is 1. The summed E-state index contributed by atoms with van der Waals surface area (Å²) >= 11 is 1.54. The van der Waals surface area contributed by atoms with Crippen LogP contribution in [0.25, 0.3) is 0 Å². The molecule has 3 unspecified atom stereocenters. The van der Waals surface area contributed by atoms with Gasteiger partial charge in [-0.15, -0.1) is 11.8 Å². The number of nitrogens with one attached hydrogen (secondary N) is 1. The van der Waals surface area contributed by atoms with Crippen molar-refractivity contribution in [2.45, 2.75) is 37.6 Å². The van der Waals surface area contributed by atoms with Crippen LogP contribution in [0, 0.1) is 5.92 Å². The van der Waals surface area contributed by atoms with Crippen molar-refractivity contribution in [3.63, 3.8) is 0 Å². The first-order chi connectivity index (χ1) is 9.63. The third kappa shape index (κ3) is 3.58. The molecule has 2 N–H and O–H groups in total. The number of carbonyl (C=O) groups is 2. The average molecular weight is 302 g/mol. The molecule has 2 aliphatic rings. The first kappa shape index (κ1) is 15.4. The second-order valence-electron chi connectivity index (χ2n) is 5.21. The van der Waals surface area contributed by atoms with Gasteiger partial charge in [-0.25, -0.2) is 9.59 Å². The van der Waals surface area contributed by atoms with Crippen LogP contribution in [0.4, 0.5) is 4.79 Å². The highest BCUT2D eigenvalue weighted by molar-refractivity contribution is 8.00. The van der Waals surface area contributed by atoms with Gasteiger partial charge in [-0.3, -0.25) is 4.90 Å². The zero-order valence-corrected chi connectivity index (χ0v) is 12.5. The maximum absolute atomic E-state index is 12.2. The minimum atomic E-state index is -0.923. The number of nitrogens with zero attached hydrogens (tertiary/aromatic N) is 1. The number of hydrogen-bond donors (Lipinski definition) is 2. The number of carbonyl (C=O) groups excluding carboxylic acids is 1. The second-order valence-corrected chi connectivity index (χ2v) is 6.42. The van der Waals surface area contributed by atoms with Crippen LogP contribution in [-0.2, 0) is 9.53 Å². The summed E-state index contributed by atoms with van der Waals surface area (Å²) < 4.78 is 5.29. The fourth-order valence-corrected chi connectivity index (χ4v) is 3.97. The lowest BCUT2D eigenvalue weighted by Gasteiger charge is -2.27. The van der Waals surface area contributed by atoms with E-state index >= 15 is 0 Å². The van der Waals surface area contributed by atoms with Crippen molar-refractivity contribution in [3.05, 3.63) is 0 Å². The minimum Gasteiger partial charge on any atom is -0.480 e. The normalized spacial score (nSPS) is 29.6. The van der Waals surface area contributed by atoms with Crippen molar-refractivity contribution in [1.82, 2.24) is 10.2 Å². The molecule has 20 heavy (non-hydrogen) atoms. The molecule has 0 aromatic heterocycles. The fourth-order valence-electron chi connectivity index (χ4n) is 2.63. The first-order valence-electron chi connectivity index (χ1n) is 7.11. The van der Waals surface area contributed by atoms with E-state index in [2.05, 4.69) is 5.32 Å². The Kier molecular flexibility index (Phi) is 5.54. The highest BCUT2D eigenvalue weighted by Gasteiger charge is 2.40. The van der Waals surface area contributed by atoms with Crippen LogP contribution in [0.2, 0.25) is 0 Å². The molecule has 0 radical (unpaired) electrons. The number of carboxylic acid groups (broad SMARTS) is 1. The van der Waals surface area contributed by atoms with Crippen LogP contribution >= 0.6 is 11.8 Å². The zero-order valence-electron chi connectivity index (χ0n) is 11.7. The van der Waals surface area contributed by atoms with Crippen LogP contribution in [0.5, 0.6) is 0 Å². The minimum absolute atomic E-state index is 0.0362. The first-order valence-corrected chi connectivity index (χ1v) is 8.16. The molecule has 7 heteroatoms. The summed E-state index contributed by atoms with van der Waals surface area (Å²) in [5.41, 5.74) is 0. The highest BCUT2D eigenvalue weighted by Crippen LogP contribution is 2.31. The summed E-state index contributed by atoms with van der Waals surface area (Å²) in [6, 6.07) is -0.965. The molecule has 114 valence electrons. The maximum atomic E-state index is 12.2. The molecule has 2 aliphatic heterocycles. The number of amides is 2. The Hall–Kier alpha value is -0.950. The number of urea groups is 1. The Morgan fingerprint density at radius 3 is 2.90 bits per heavy atom. The quantitative estimate of drug-likeness (QED) is 0.801. The third-order valence-corrected chi connectivity index (χ3v) is 5.27. The molecule has 0 aliphatic carbocycles. The van der Waals surface area contributed by atoms with E-state index in [1.807, 2.05) is 6.92 Å². The molecule has 6 nitrogen and oxygen atoms in total. The Balaban J connectivity index is 1.83. The number of aliphatic carboxylic acids is 1. The summed E-state index contributed by atoms with van der Waals surface area (Å²) in [4.78, 5) is 24.9. The molecule has 0 aromatic rings. The van der Waals surface area contributed by atoms with Gasteiger partial charge in [-0.1, -0.05) is 6.92 Å². The molecule has 2 rings (SSSR count). The van der Waals surface area contributed by atoms with Gasteiger partial charge < -0.3 is 15.2 Å². The van der Waals surface area contributed by atoms with Crippen molar-refractivity contribution in [2.24, 2.45) is 5.92 Å². The summed E-state index contributed by atoms with van der Waals surface area (Å²) in [6.07, 6.45) is 2.70. The highest BCUT2D eigenvalue weighted by atomic mass is 32.2. The standard InChI is InChI=1S/C13H22N2O4S/c1-2-11-15(10(8-20-11)12(16)17)13(18)14-5-3-9-4-6-19-7-9/h9-11H,2-8H2,1H3,(H,14,18)(H,16,17). The Morgan fingerprint density at radius 2 is 2.30 bits per heavy atom. The number of hydrogen-bond acceptors (Lipinski definition) is 4. The molecule has 2 heterocycles. The predicted octanol–water partition coefficient (Wildman–Crippen LogP) is 1.36. The monoisotopic (exact) mass is 302 g/mol. The van der Waals surface area contributed by atoms with Crippen molar-refractivity contribution in [3.8, 4) is 0 Å². The van der Waals surface area contributed by atoms with E-state index in [0.29, 0.717) is 18.2 Å². The largest absolute Gasteiger partial charge is 0.480 e. The van der Waals surface area contributed by atoms with Gasteiger partial charge in [0.2, 0.25) is 0 Å². The van der Waals surface area contributed by atoms with Gasteiger partial charge in [0.15, 0.2) is 0 Å². The van der Waals surface area contributed by atoms with E-state index in [9.17, 15) is 14.7 Å². The van der Waals surface area contributed by atoms with E-state index in [4.69, 9.17) is 4.74 Å². The molecule has 2 saturated heterocycles. The van der Waals surface area contributed by atoms with E-state index in [-0.39, 0.29) is 11.4 Å². The molecule has 0 bridgehead atoms. The zero-order chi connectivity index (χ0) is 14.5. The summed E-state index contributed by atoms with van der Waals surface area (Å²) in [7, 11) is 0. The van der Waals surface area contributed by atoms with Crippen LogP contribution in [0.3, 0.4) is 0 Å². The molecular weight excluding hydrogens is 280 g/mol. The number of ether oxygens (including phenoxy) is 1. The van der Waals surface area contributed by atoms with E-state index in [1.165, 1.54) is 16.7 Å². The van der Waals surface area contributed by atoms with Crippen LogP contribution in [0.15, 0.2) is 0 Å². The van der Waals surface area contributed by atoms with Gasteiger partial charge in [0, 0.05) is 25.5 Å². The maximum Gasteiger partial charge on any atom is 0.327 e. The molecule has 0 spiro atoms. The van der Waals surface area contributed by atoms with E-state index in [1.54, 1.807) is 0 Å². The Labute approximate surface area is 123 Å². The molecule has 0 saturated carbocycles. The smallest absolute Gasteiger partial charge is 0.327 e. The Morgan fingerprint density at radius 1 is 1.50 bits per heavy atom. The molecule has 3 atom stereocenters. The average Bonchev–Trinajstić information content (AvgIpc) is 3.07. The second kappa shape index (κ2) is 7.17. The van der Waals surface area contributed by atoms with E-state index < -0.39 is 12.0 Å². The van der Waals surface area contributed by atoms with Gasteiger partial charge in [-0.05, 0) is 25.2 Å². The van der Waals surface area contributed by atoms with Crippen molar-refractivity contribution in [1.29, 1.82) is 0 Å². The fraction of sp³-hybridized carbons (Fsp3) is 0.846. The molecule has 0 aromatic carbocycles. The van der Waals surface area contributed by atoms with E-state index in [0.717, 1.165) is 32.5 Å². The van der Waals surface area contributed by atoms with Crippen LogP contribution in [0.1, 0.15) is 26.2 Å². The van der Waals surface area contributed by atoms with Crippen molar-refractivity contribution >= 4 is 23.8 Å². The lowest BCUT2D eigenvalue weighted by atomic mass is 10.1. The molecule has 2 amide bonds. The van der Waals surface area contributed by atoms with Gasteiger partial charge in [0.05, 0.1) is 5.37 Å². The van der Waals surface area contributed by atoms with Crippen molar-refractivity contribution in [2.75, 3.05) is 25.5 Å². The number of thioether (sulfide) groups is 1. The van der Waals surface area contributed by atoms with Crippen LogP contribution < -0.4 is 5.32 Å². The summed E-state index contributed by atoms with van der Waals surface area (Å²) in [5.74, 6) is 0.0610. The lowest BCUT2D eigenvalue weighted by Crippen LogP contribution is -2.50. The molecule has 2 fully saturated rings. The predicted molar refractivity (Wildman–Crippen MR) is 76.7 cm³/mol. The Bertz CT molecular complexity index is 360. The van der Waals surface area contributed by atoms with Crippen molar-refractivity contribution < 1.29 is 19.4 Å². The topological polar surface area (TPSA) is 78.9 Å². The van der Waals surface area contributed by atoms with Gasteiger partial charge in [0.1, 0.15) is 6.04 Å². The molecular formula is C13H22N2O4S. The summed E-state index contributed by atoms with van der Waals surface area (Å²) in [5, 5.41) is 12.0. The third-order valence-electron chi connectivity index (χ3n) is 3.81. The van der Waals surface area contributed by atoms with Crippen LogP contribution in [-0.4, -0.2) is 58.9 Å². The van der Waals surface area contributed by atoms with Gasteiger partial charge in [-0.2, -0.15) is 0 Å². The number of rotatable bonds is 5. The SMILES string of the molecule is CCC1SCC(C(=O)O)N1C(=O)NCCC1CCOC1. The van der Waals surface area contributed by atoms with Gasteiger partial charge in [0.25, 0.3) is 0 Å².